The van der Waals surface area contributed by atoms with Gasteiger partial charge in [-0.25, -0.2) is 0 Å². The molecule has 7 heteroatoms. The topological polar surface area (TPSA) is 86.0 Å². The van der Waals surface area contributed by atoms with Crippen LogP contribution in [-0.2, 0) is 0 Å². The number of halogens is 1. The van der Waals surface area contributed by atoms with Gasteiger partial charge in [0.1, 0.15) is 5.75 Å². The van der Waals surface area contributed by atoms with Crippen LogP contribution in [-0.4, -0.2) is 28.6 Å². The number of methoxy groups -OCH3 is 1. The fourth-order valence-corrected chi connectivity index (χ4v) is 1.78. The van der Waals surface area contributed by atoms with Crippen molar-refractivity contribution in [1.29, 1.82) is 0 Å². The molecule has 0 aliphatic carbocycles. The number of ether oxygens (including phenoxy) is 1. The third-order valence-corrected chi connectivity index (χ3v) is 2.63. The highest BCUT2D eigenvalue weighted by Crippen LogP contribution is 2.30. The number of benzene rings is 1. The van der Waals surface area contributed by atoms with Crippen LogP contribution in [0, 0.1) is 0 Å². The highest BCUT2D eigenvalue weighted by atomic mass is 35.5. The van der Waals surface area contributed by atoms with Gasteiger partial charge < -0.3 is 15.8 Å². The molecule has 0 unspecified atom stereocenters. The Morgan fingerprint density at radius 1 is 1.32 bits per heavy atom. The van der Waals surface area contributed by atoms with Crippen molar-refractivity contribution in [3.05, 3.63) is 23.2 Å². The number of nitrogen functional groups attached to an aromatic ring is 1. The SMILES string of the molecule is CCNc1nc(N)nc(-c2cc(Cl)ccc2OC)n1. The Bertz CT molecular complexity index is 590. The highest BCUT2D eigenvalue weighted by Gasteiger charge is 2.12. The Balaban J connectivity index is 2.54. The van der Waals surface area contributed by atoms with Crippen molar-refractivity contribution in [2.24, 2.45) is 0 Å². The molecule has 1 aromatic carbocycles. The van der Waals surface area contributed by atoms with E-state index in [1.54, 1.807) is 25.3 Å². The van der Waals surface area contributed by atoms with Crippen molar-refractivity contribution in [2.45, 2.75) is 6.92 Å². The molecular formula is C12H14ClN5O. The minimum absolute atomic E-state index is 0.142. The van der Waals surface area contributed by atoms with Crippen molar-refractivity contribution in [3.8, 4) is 17.1 Å². The van der Waals surface area contributed by atoms with Crippen LogP contribution in [0.5, 0.6) is 5.75 Å². The van der Waals surface area contributed by atoms with Crippen LogP contribution in [0.25, 0.3) is 11.4 Å². The molecule has 2 aromatic rings. The average molecular weight is 280 g/mol. The molecule has 0 radical (unpaired) electrons. The lowest BCUT2D eigenvalue weighted by Gasteiger charge is -2.09. The first kappa shape index (κ1) is 13.4. The number of nitrogens with one attached hydrogen (secondary N) is 1. The summed E-state index contributed by atoms with van der Waals surface area (Å²) in [7, 11) is 1.57. The van der Waals surface area contributed by atoms with Gasteiger partial charge >= 0.3 is 0 Å². The molecule has 2 rings (SSSR count). The highest BCUT2D eigenvalue weighted by molar-refractivity contribution is 6.30. The number of nitrogens with zero attached hydrogens (tertiary/aromatic N) is 3. The normalized spacial score (nSPS) is 10.3. The Morgan fingerprint density at radius 2 is 2.11 bits per heavy atom. The Morgan fingerprint density at radius 3 is 2.79 bits per heavy atom. The van der Waals surface area contributed by atoms with E-state index in [9.17, 15) is 0 Å². The van der Waals surface area contributed by atoms with Gasteiger partial charge in [0, 0.05) is 11.6 Å². The predicted octanol–water partition coefficient (Wildman–Crippen LogP) is 2.21. The van der Waals surface area contributed by atoms with Crippen LogP contribution >= 0.6 is 11.6 Å². The molecule has 0 spiro atoms. The monoisotopic (exact) mass is 279 g/mol. The summed E-state index contributed by atoms with van der Waals surface area (Å²) in [6, 6.07) is 5.22. The van der Waals surface area contributed by atoms with Crippen LogP contribution in [0.3, 0.4) is 0 Å². The number of aromatic nitrogens is 3. The first-order valence-corrected chi connectivity index (χ1v) is 6.11. The largest absolute Gasteiger partial charge is 0.496 e. The molecule has 19 heavy (non-hydrogen) atoms. The van der Waals surface area contributed by atoms with Crippen LogP contribution < -0.4 is 15.8 Å². The van der Waals surface area contributed by atoms with Gasteiger partial charge in [0.05, 0.1) is 12.7 Å². The first-order valence-electron chi connectivity index (χ1n) is 5.73. The van der Waals surface area contributed by atoms with E-state index in [1.165, 1.54) is 0 Å². The van der Waals surface area contributed by atoms with Gasteiger partial charge in [0.15, 0.2) is 5.82 Å². The molecule has 100 valence electrons. The second-order valence-corrected chi connectivity index (χ2v) is 4.15. The maximum absolute atomic E-state index is 5.99. The van der Waals surface area contributed by atoms with E-state index in [4.69, 9.17) is 22.1 Å². The van der Waals surface area contributed by atoms with Crippen LogP contribution in [0.2, 0.25) is 5.02 Å². The Labute approximate surface area is 116 Å². The van der Waals surface area contributed by atoms with E-state index >= 15 is 0 Å². The molecule has 1 heterocycles. The van der Waals surface area contributed by atoms with Gasteiger partial charge in [-0.2, -0.15) is 15.0 Å². The number of hydrogen-bond donors (Lipinski definition) is 2. The lowest BCUT2D eigenvalue weighted by Crippen LogP contribution is -2.07. The smallest absolute Gasteiger partial charge is 0.228 e. The predicted molar refractivity (Wildman–Crippen MR) is 75.4 cm³/mol. The molecule has 0 amide bonds. The zero-order valence-corrected chi connectivity index (χ0v) is 11.4. The minimum atomic E-state index is 0.142. The summed E-state index contributed by atoms with van der Waals surface area (Å²) in [4.78, 5) is 12.4. The summed E-state index contributed by atoms with van der Waals surface area (Å²) < 4.78 is 5.27. The van der Waals surface area contributed by atoms with E-state index < -0.39 is 0 Å². The average Bonchev–Trinajstić information content (AvgIpc) is 2.38. The van der Waals surface area contributed by atoms with Gasteiger partial charge in [-0.05, 0) is 25.1 Å². The molecule has 0 saturated carbocycles. The maximum Gasteiger partial charge on any atom is 0.228 e. The first-order chi connectivity index (χ1) is 9.13. The van der Waals surface area contributed by atoms with E-state index in [2.05, 4.69) is 20.3 Å². The Hall–Kier alpha value is -2.08. The van der Waals surface area contributed by atoms with E-state index in [1.807, 2.05) is 6.92 Å². The second-order valence-electron chi connectivity index (χ2n) is 3.72. The number of hydrogen-bond acceptors (Lipinski definition) is 6. The van der Waals surface area contributed by atoms with E-state index in [-0.39, 0.29) is 5.95 Å². The minimum Gasteiger partial charge on any atom is -0.496 e. The van der Waals surface area contributed by atoms with Crippen molar-refractivity contribution < 1.29 is 4.74 Å². The van der Waals surface area contributed by atoms with Crippen molar-refractivity contribution in [2.75, 3.05) is 24.7 Å². The van der Waals surface area contributed by atoms with Gasteiger partial charge in [0.25, 0.3) is 0 Å². The molecule has 1 aromatic heterocycles. The van der Waals surface area contributed by atoms with Gasteiger partial charge in [0.2, 0.25) is 11.9 Å². The lowest BCUT2D eigenvalue weighted by molar-refractivity contribution is 0.416. The molecular weight excluding hydrogens is 266 g/mol. The van der Waals surface area contributed by atoms with Crippen LogP contribution in [0.15, 0.2) is 18.2 Å². The number of rotatable bonds is 4. The number of anilines is 2. The zero-order valence-electron chi connectivity index (χ0n) is 10.6. The third-order valence-electron chi connectivity index (χ3n) is 2.39. The molecule has 3 N–H and O–H groups in total. The summed E-state index contributed by atoms with van der Waals surface area (Å²) in [5.41, 5.74) is 6.35. The van der Waals surface area contributed by atoms with Crippen molar-refractivity contribution in [1.82, 2.24) is 15.0 Å². The second kappa shape index (κ2) is 5.71. The van der Waals surface area contributed by atoms with Crippen molar-refractivity contribution >= 4 is 23.5 Å². The Kier molecular flexibility index (Phi) is 4.01. The maximum atomic E-state index is 5.99. The molecule has 0 atom stereocenters. The quantitative estimate of drug-likeness (QED) is 0.892. The summed E-state index contributed by atoms with van der Waals surface area (Å²) in [6.07, 6.45) is 0. The van der Waals surface area contributed by atoms with Crippen LogP contribution in [0.1, 0.15) is 6.92 Å². The standard InChI is InChI=1S/C12H14ClN5O/c1-3-15-12-17-10(16-11(14)18-12)8-6-7(13)4-5-9(8)19-2/h4-6H,3H2,1-2H3,(H3,14,15,16,17,18). The zero-order chi connectivity index (χ0) is 13.8. The van der Waals surface area contributed by atoms with Crippen molar-refractivity contribution in [3.63, 3.8) is 0 Å². The molecule has 0 aliphatic rings. The molecule has 0 saturated heterocycles. The fraction of sp³-hybridized carbons (Fsp3) is 0.250. The van der Waals surface area contributed by atoms with Gasteiger partial charge in [-0.1, -0.05) is 11.6 Å². The third kappa shape index (κ3) is 3.03. The summed E-state index contributed by atoms with van der Waals surface area (Å²) in [5.74, 6) is 1.61. The lowest BCUT2D eigenvalue weighted by atomic mass is 10.2. The van der Waals surface area contributed by atoms with E-state index in [0.717, 1.165) is 0 Å². The van der Waals surface area contributed by atoms with E-state index in [0.29, 0.717) is 34.7 Å². The van der Waals surface area contributed by atoms with Crippen LogP contribution in [0.4, 0.5) is 11.9 Å². The molecule has 0 fully saturated rings. The summed E-state index contributed by atoms with van der Waals surface area (Å²) in [6.45, 7) is 2.63. The number of nitrogens with two attached hydrogens (primary N) is 1. The summed E-state index contributed by atoms with van der Waals surface area (Å²) >= 11 is 5.99. The molecule has 0 aliphatic heterocycles. The molecule has 6 nitrogen and oxygen atoms in total. The molecule has 0 bridgehead atoms. The van der Waals surface area contributed by atoms with Gasteiger partial charge in [-0.3, -0.25) is 0 Å². The summed E-state index contributed by atoms with van der Waals surface area (Å²) in [5, 5.41) is 3.56. The van der Waals surface area contributed by atoms with Gasteiger partial charge in [-0.15, -0.1) is 0 Å². The fourth-order valence-electron chi connectivity index (χ4n) is 1.60.